The summed E-state index contributed by atoms with van der Waals surface area (Å²) in [5.41, 5.74) is 0. The molecule has 0 bridgehead atoms. The zero-order chi connectivity index (χ0) is 14.0. The smallest absolute Gasteiger partial charge is 0.327 e. The third-order valence-corrected chi connectivity index (χ3v) is 4.99. The van der Waals surface area contributed by atoms with Gasteiger partial charge in [-0.15, -0.1) is 11.8 Å². The Morgan fingerprint density at radius 2 is 2.00 bits per heavy atom. The zero-order valence-corrected chi connectivity index (χ0v) is 12.1. The van der Waals surface area contributed by atoms with Gasteiger partial charge in [-0.25, -0.2) is 9.59 Å². The normalized spacial score (nSPS) is 28.4. The van der Waals surface area contributed by atoms with Crippen molar-refractivity contribution in [3.63, 3.8) is 0 Å². The summed E-state index contributed by atoms with van der Waals surface area (Å²) >= 11 is 1.51. The molecule has 2 heterocycles. The third kappa shape index (κ3) is 2.97. The van der Waals surface area contributed by atoms with Gasteiger partial charge in [-0.05, 0) is 19.8 Å². The molecule has 0 aromatic heterocycles. The van der Waals surface area contributed by atoms with Gasteiger partial charge >= 0.3 is 12.0 Å². The van der Waals surface area contributed by atoms with Crippen molar-refractivity contribution in [2.75, 3.05) is 26.0 Å². The van der Waals surface area contributed by atoms with E-state index >= 15 is 0 Å². The highest BCUT2D eigenvalue weighted by Gasteiger charge is 2.41. The number of thioether (sulfide) groups is 1. The van der Waals surface area contributed by atoms with Crippen molar-refractivity contribution in [3.8, 4) is 0 Å². The van der Waals surface area contributed by atoms with Crippen LogP contribution in [0.1, 0.15) is 19.8 Å². The second-order valence-electron chi connectivity index (χ2n) is 4.93. The summed E-state index contributed by atoms with van der Waals surface area (Å²) in [4.78, 5) is 26.9. The number of amides is 2. The Labute approximate surface area is 117 Å². The lowest BCUT2D eigenvalue weighted by molar-refractivity contribution is -0.141. The van der Waals surface area contributed by atoms with Gasteiger partial charge in [0.2, 0.25) is 0 Å². The van der Waals surface area contributed by atoms with E-state index in [0.717, 1.165) is 12.8 Å². The molecule has 108 valence electrons. The number of urea groups is 1. The van der Waals surface area contributed by atoms with Crippen molar-refractivity contribution in [1.29, 1.82) is 0 Å². The fraction of sp³-hybridized carbons (Fsp3) is 0.833. The molecule has 2 amide bonds. The molecule has 7 heteroatoms. The number of carbonyl (C=O) groups is 2. The Balaban J connectivity index is 2.06. The first-order valence-corrected chi connectivity index (χ1v) is 7.54. The van der Waals surface area contributed by atoms with Crippen LogP contribution in [-0.4, -0.2) is 70.4 Å². The number of nitrogens with zero attached hydrogens (tertiary/aromatic N) is 2. The van der Waals surface area contributed by atoms with Gasteiger partial charge in [0.25, 0.3) is 0 Å². The maximum atomic E-state index is 12.5. The summed E-state index contributed by atoms with van der Waals surface area (Å²) in [5, 5.41) is 9.11. The summed E-state index contributed by atoms with van der Waals surface area (Å²) < 4.78 is 5.29. The van der Waals surface area contributed by atoms with E-state index < -0.39 is 12.0 Å². The molecule has 19 heavy (non-hydrogen) atoms. The van der Waals surface area contributed by atoms with Gasteiger partial charge in [0.05, 0.1) is 5.37 Å². The maximum Gasteiger partial charge on any atom is 0.327 e. The van der Waals surface area contributed by atoms with Crippen molar-refractivity contribution in [3.05, 3.63) is 0 Å². The van der Waals surface area contributed by atoms with Crippen LogP contribution in [0.25, 0.3) is 0 Å². The van der Waals surface area contributed by atoms with Crippen LogP contribution in [0, 0.1) is 0 Å². The minimum absolute atomic E-state index is 0.0871. The first-order chi connectivity index (χ1) is 9.02. The average Bonchev–Trinajstić information content (AvgIpc) is 2.80. The van der Waals surface area contributed by atoms with Gasteiger partial charge < -0.3 is 14.7 Å². The second-order valence-corrected chi connectivity index (χ2v) is 6.28. The molecule has 2 rings (SSSR count). The zero-order valence-electron chi connectivity index (χ0n) is 11.2. The van der Waals surface area contributed by atoms with Crippen LogP contribution in [0.2, 0.25) is 0 Å². The molecule has 0 radical (unpaired) electrons. The van der Waals surface area contributed by atoms with Gasteiger partial charge in [-0.3, -0.25) is 4.90 Å². The van der Waals surface area contributed by atoms with Crippen molar-refractivity contribution in [1.82, 2.24) is 9.80 Å². The Kier molecular flexibility index (Phi) is 4.57. The molecule has 6 nitrogen and oxygen atoms in total. The molecule has 0 aromatic carbocycles. The molecule has 2 atom stereocenters. The van der Waals surface area contributed by atoms with Crippen LogP contribution in [0.4, 0.5) is 4.79 Å². The molecule has 0 aromatic rings. The van der Waals surface area contributed by atoms with Crippen molar-refractivity contribution in [2.45, 2.75) is 37.2 Å². The lowest BCUT2D eigenvalue weighted by atomic mass is 10.1. The Hall–Kier alpha value is -0.950. The Morgan fingerprint density at radius 3 is 2.58 bits per heavy atom. The maximum absolute atomic E-state index is 12.5. The molecule has 1 N–H and O–H groups in total. The van der Waals surface area contributed by atoms with E-state index in [1.807, 2.05) is 6.92 Å². The van der Waals surface area contributed by atoms with E-state index in [2.05, 4.69) is 0 Å². The van der Waals surface area contributed by atoms with Crippen molar-refractivity contribution in [2.24, 2.45) is 0 Å². The molecule has 0 spiro atoms. The standard InChI is InChI=1S/C12H20N2O4S/c1-8-14(10(7-19-8)11(15)16)12(17)13(2)9-3-5-18-6-4-9/h8-10H,3-7H2,1-2H3,(H,15,16). The third-order valence-electron chi connectivity index (χ3n) is 3.77. The fourth-order valence-corrected chi connectivity index (χ4v) is 3.70. The summed E-state index contributed by atoms with van der Waals surface area (Å²) in [6, 6.07) is -0.750. The number of aliphatic carboxylic acids is 1. The summed E-state index contributed by atoms with van der Waals surface area (Å²) in [6.45, 7) is 3.20. The van der Waals surface area contributed by atoms with Crippen molar-refractivity contribution < 1.29 is 19.4 Å². The SMILES string of the molecule is CC1SCC(C(=O)O)N1C(=O)N(C)C1CCOCC1. The first kappa shape index (κ1) is 14.5. The van der Waals surface area contributed by atoms with Gasteiger partial charge in [0, 0.05) is 32.1 Å². The number of ether oxygens (including phenoxy) is 1. The van der Waals surface area contributed by atoms with Gasteiger partial charge in [-0.1, -0.05) is 0 Å². The lowest BCUT2D eigenvalue weighted by Gasteiger charge is -2.36. The van der Waals surface area contributed by atoms with Crippen LogP contribution in [0.3, 0.4) is 0 Å². The highest BCUT2D eigenvalue weighted by Crippen LogP contribution is 2.30. The molecule has 0 saturated carbocycles. The van der Waals surface area contributed by atoms with Gasteiger partial charge in [0.1, 0.15) is 6.04 Å². The number of carbonyl (C=O) groups excluding carboxylic acids is 1. The minimum atomic E-state index is -0.925. The van der Waals surface area contributed by atoms with E-state index in [1.54, 1.807) is 11.9 Å². The molecule has 2 saturated heterocycles. The van der Waals surface area contributed by atoms with Crippen LogP contribution >= 0.6 is 11.8 Å². The molecular weight excluding hydrogens is 268 g/mol. The molecule has 2 aliphatic heterocycles. The highest BCUT2D eigenvalue weighted by atomic mass is 32.2. The van der Waals surface area contributed by atoms with Gasteiger partial charge in [-0.2, -0.15) is 0 Å². The molecule has 0 aliphatic carbocycles. The van der Waals surface area contributed by atoms with Crippen LogP contribution in [0.5, 0.6) is 0 Å². The Morgan fingerprint density at radius 1 is 1.37 bits per heavy atom. The molecule has 2 fully saturated rings. The van der Waals surface area contributed by atoms with Crippen LogP contribution in [0.15, 0.2) is 0 Å². The highest BCUT2D eigenvalue weighted by molar-refractivity contribution is 8.00. The number of carboxylic acids is 1. The van der Waals surface area contributed by atoms with Crippen LogP contribution < -0.4 is 0 Å². The molecule has 2 aliphatic rings. The predicted molar refractivity (Wildman–Crippen MR) is 72.2 cm³/mol. The first-order valence-electron chi connectivity index (χ1n) is 6.49. The second kappa shape index (κ2) is 6.00. The van der Waals surface area contributed by atoms with Gasteiger partial charge in [0.15, 0.2) is 0 Å². The number of hydrogen-bond acceptors (Lipinski definition) is 4. The lowest BCUT2D eigenvalue weighted by Crippen LogP contribution is -2.53. The Bertz CT molecular complexity index is 360. The van der Waals surface area contributed by atoms with E-state index in [9.17, 15) is 14.7 Å². The number of hydrogen-bond donors (Lipinski definition) is 1. The van der Waals surface area contributed by atoms with E-state index in [4.69, 9.17) is 4.74 Å². The van der Waals surface area contributed by atoms with E-state index in [-0.39, 0.29) is 17.4 Å². The number of carboxylic acid groups (broad SMARTS) is 1. The largest absolute Gasteiger partial charge is 0.480 e. The quantitative estimate of drug-likeness (QED) is 0.823. The number of rotatable bonds is 2. The minimum Gasteiger partial charge on any atom is -0.480 e. The average molecular weight is 288 g/mol. The molecule has 2 unspecified atom stereocenters. The van der Waals surface area contributed by atoms with E-state index in [1.165, 1.54) is 16.7 Å². The van der Waals surface area contributed by atoms with Crippen LogP contribution in [-0.2, 0) is 9.53 Å². The summed E-state index contributed by atoms with van der Waals surface area (Å²) in [7, 11) is 1.76. The van der Waals surface area contributed by atoms with E-state index in [0.29, 0.717) is 19.0 Å². The fourth-order valence-electron chi connectivity index (χ4n) is 2.53. The predicted octanol–water partition coefficient (Wildman–Crippen LogP) is 1.07. The summed E-state index contributed by atoms with van der Waals surface area (Å²) in [5.74, 6) is -0.463. The topological polar surface area (TPSA) is 70.1 Å². The molecular formula is C12H20N2O4S. The summed E-state index contributed by atoms with van der Waals surface area (Å²) in [6.07, 6.45) is 1.63. The monoisotopic (exact) mass is 288 g/mol. The van der Waals surface area contributed by atoms with Crippen molar-refractivity contribution >= 4 is 23.8 Å².